The molecule has 0 atom stereocenters. The van der Waals surface area contributed by atoms with Crippen LogP contribution < -0.4 is 10.5 Å². The monoisotopic (exact) mass is 271 g/mol. The Balaban J connectivity index is 0.00000289. The Morgan fingerprint density at radius 2 is 2.11 bits per heavy atom. The Bertz CT molecular complexity index is 369. The number of nitrogens with zero attached hydrogens (tertiary/aromatic N) is 1. The van der Waals surface area contributed by atoms with Crippen molar-refractivity contribution in [1.29, 1.82) is 5.41 Å². The molecule has 0 aliphatic heterocycles. The highest BCUT2D eigenvalue weighted by atomic mass is 35.5. The normalized spacial score (nSPS) is 9.94. The van der Waals surface area contributed by atoms with Gasteiger partial charge in [0.15, 0.2) is 0 Å². The molecule has 0 spiro atoms. The van der Waals surface area contributed by atoms with E-state index in [2.05, 4.69) is 11.0 Å². The van der Waals surface area contributed by atoms with Crippen LogP contribution in [0.4, 0.5) is 0 Å². The molecule has 0 aromatic heterocycles. The van der Waals surface area contributed by atoms with Crippen molar-refractivity contribution in [2.45, 2.75) is 19.4 Å². The fourth-order valence-corrected chi connectivity index (χ4v) is 1.55. The Kier molecular flexibility index (Phi) is 8.16. The second-order valence-corrected chi connectivity index (χ2v) is 4.36. The van der Waals surface area contributed by atoms with Gasteiger partial charge in [0.25, 0.3) is 0 Å². The van der Waals surface area contributed by atoms with Crippen molar-refractivity contribution in [1.82, 2.24) is 4.90 Å². The summed E-state index contributed by atoms with van der Waals surface area (Å²) in [6.07, 6.45) is 1.38. The van der Waals surface area contributed by atoms with E-state index in [0.717, 1.165) is 18.7 Å². The minimum Gasteiger partial charge on any atom is -0.494 e. The van der Waals surface area contributed by atoms with Gasteiger partial charge in [0.1, 0.15) is 5.75 Å². The van der Waals surface area contributed by atoms with Gasteiger partial charge in [-0.2, -0.15) is 0 Å². The van der Waals surface area contributed by atoms with Crippen molar-refractivity contribution in [3.05, 3.63) is 29.8 Å². The number of nitrogens with one attached hydrogen (secondary N) is 1. The summed E-state index contributed by atoms with van der Waals surface area (Å²) < 4.78 is 5.61. The number of ether oxygens (including phenoxy) is 1. The summed E-state index contributed by atoms with van der Waals surface area (Å²) in [5, 5.41) is 7.11. The van der Waals surface area contributed by atoms with E-state index in [1.165, 1.54) is 5.56 Å². The van der Waals surface area contributed by atoms with Crippen LogP contribution in [0, 0.1) is 5.41 Å². The first kappa shape index (κ1) is 16.7. The Morgan fingerprint density at radius 3 is 2.72 bits per heavy atom. The number of amidine groups is 1. The molecular formula is C13H22ClN3O. The first-order valence-electron chi connectivity index (χ1n) is 5.77. The van der Waals surface area contributed by atoms with Gasteiger partial charge in [-0.15, -0.1) is 12.4 Å². The lowest BCUT2D eigenvalue weighted by atomic mass is 10.2. The van der Waals surface area contributed by atoms with E-state index in [1.807, 2.05) is 32.3 Å². The fraction of sp³-hybridized carbons (Fsp3) is 0.462. The number of rotatable bonds is 7. The van der Waals surface area contributed by atoms with Crippen molar-refractivity contribution in [2.75, 3.05) is 20.7 Å². The molecular weight excluding hydrogens is 250 g/mol. The first-order chi connectivity index (χ1) is 8.08. The number of nitrogens with two attached hydrogens (primary N) is 1. The Hall–Kier alpha value is -1.26. The molecule has 3 N–H and O–H groups in total. The second-order valence-electron chi connectivity index (χ2n) is 4.36. The lowest BCUT2D eigenvalue weighted by Crippen LogP contribution is -2.11. The molecule has 102 valence electrons. The number of hydrogen-bond acceptors (Lipinski definition) is 3. The molecule has 0 fully saturated rings. The molecule has 0 aliphatic rings. The summed E-state index contributed by atoms with van der Waals surface area (Å²) in [5.41, 5.74) is 6.51. The van der Waals surface area contributed by atoms with Crippen LogP contribution in [0.1, 0.15) is 18.4 Å². The van der Waals surface area contributed by atoms with Gasteiger partial charge in [-0.05, 0) is 38.2 Å². The molecule has 0 amide bonds. The summed E-state index contributed by atoms with van der Waals surface area (Å²) in [6, 6.07) is 8.09. The highest BCUT2D eigenvalue weighted by molar-refractivity contribution is 5.85. The minimum absolute atomic E-state index is 0. The van der Waals surface area contributed by atoms with Gasteiger partial charge in [0.05, 0.1) is 12.4 Å². The highest BCUT2D eigenvalue weighted by Crippen LogP contribution is 2.14. The van der Waals surface area contributed by atoms with Crippen LogP contribution in [0.5, 0.6) is 5.75 Å². The molecule has 0 saturated carbocycles. The topological polar surface area (TPSA) is 62.3 Å². The van der Waals surface area contributed by atoms with Crippen LogP contribution in [0.25, 0.3) is 0 Å². The van der Waals surface area contributed by atoms with E-state index in [0.29, 0.717) is 13.0 Å². The van der Waals surface area contributed by atoms with Crippen molar-refractivity contribution in [3.63, 3.8) is 0 Å². The summed E-state index contributed by atoms with van der Waals surface area (Å²) >= 11 is 0. The van der Waals surface area contributed by atoms with E-state index in [-0.39, 0.29) is 18.2 Å². The van der Waals surface area contributed by atoms with Gasteiger partial charge in [0, 0.05) is 13.0 Å². The molecule has 0 saturated heterocycles. The molecule has 1 aromatic rings. The lowest BCUT2D eigenvalue weighted by Gasteiger charge is -2.11. The molecule has 0 unspecified atom stereocenters. The summed E-state index contributed by atoms with van der Waals surface area (Å²) in [6.45, 7) is 1.51. The molecule has 0 radical (unpaired) electrons. The smallest absolute Gasteiger partial charge is 0.119 e. The van der Waals surface area contributed by atoms with E-state index in [9.17, 15) is 0 Å². The number of benzene rings is 1. The van der Waals surface area contributed by atoms with Gasteiger partial charge < -0.3 is 15.4 Å². The van der Waals surface area contributed by atoms with Gasteiger partial charge in [-0.25, -0.2) is 0 Å². The van der Waals surface area contributed by atoms with Crippen molar-refractivity contribution in [2.24, 2.45) is 5.73 Å². The third kappa shape index (κ3) is 7.14. The second kappa shape index (κ2) is 8.78. The summed E-state index contributed by atoms with van der Waals surface area (Å²) in [7, 11) is 4.08. The third-order valence-electron chi connectivity index (χ3n) is 2.26. The number of hydrogen-bond donors (Lipinski definition) is 2. The third-order valence-corrected chi connectivity index (χ3v) is 2.26. The van der Waals surface area contributed by atoms with Crippen LogP contribution in [0.2, 0.25) is 0 Å². The largest absolute Gasteiger partial charge is 0.494 e. The summed E-state index contributed by atoms with van der Waals surface area (Å²) in [4.78, 5) is 2.12. The lowest BCUT2D eigenvalue weighted by molar-refractivity contribution is 0.312. The van der Waals surface area contributed by atoms with Crippen molar-refractivity contribution < 1.29 is 4.74 Å². The SMILES string of the molecule is CN(C)Cc1cccc(OCCCC(=N)N)c1.Cl. The highest BCUT2D eigenvalue weighted by Gasteiger charge is 1.99. The molecule has 0 aliphatic carbocycles. The molecule has 4 nitrogen and oxygen atoms in total. The maximum absolute atomic E-state index is 7.11. The van der Waals surface area contributed by atoms with Crippen LogP contribution in [-0.4, -0.2) is 31.4 Å². The maximum atomic E-state index is 7.11. The zero-order valence-corrected chi connectivity index (χ0v) is 11.8. The molecule has 1 aromatic carbocycles. The van der Waals surface area contributed by atoms with Gasteiger partial charge in [-0.3, -0.25) is 5.41 Å². The quantitative estimate of drug-likeness (QED) is 0.454. The van der Waals surface area contributed by atoms with Gasteiger partial charge in [-0.1, -0.05) is 12.1 Å². The molecule has 0 heterocycles. The first-order valence-corrected chi connectivity index (χ1v) is 5.77. The van der Waals surface area contributed by atoms with Gasteiger partial charge >= 0.3 is 0 Å². The zero-order valence-electron chi connectivity index (χ0n) is 11.0. The minimum atomic E-state index is 0. The maximum Gasteiger partial charge on any atom is 0.119 e. The number of halogens is 1. The van der Waals surface area contributed by atoms with Crippen LogP contribution >= 0.6 is 12.4 Å². The molecule has 5 heteroatoms. The Morgan fingerprint density at radius 1 is 1.39 bits per heavy atom. The molecule has 1 rings (SSSR count). The van der Waals surface area contributed by atoms with E-state index < -0.39 is 0 Å². The van der Waals surface area contributed by atoms with Crippen LogP contribution in [0.15, 0.2) is 24.3 Å². The van der Waals surface area contributed by atoms with E-state index in [1.54, 1.807) is 0 Å². The van der Waals surface area contributed by atoms with Gasteiger partial charge in [0.2, 0.25) is 0 Å². The average molecular weight is 272 g/mol. The van der Waals surface area contributed by atoms with E-state index in [4.69, 9.17) is 15.9 Å². The zero-order chi connectivity index (χ0) is 12.7. The van der Waals surface area contributed by atoms with E-state index >= 15 is 0 Å². The molecule has 0 bridgehead atoms. The Labute approximate surface area is 115 Å². The predicted molar refractivity (Wildman–Crippen MR) is 77.7 cm³/mol. The van der Waals surface area contributed by atoms with Crippen molar-refractivity contribution in [3.8, 4) is 5.75 Å². The fourth-order valence-electron chi connectivity index (χ4n) is 1.55. The molecule has 18 heavy (non-hydrogen) atoms. The van der Waals surface area contributed by atoms with Crippen molar-refractivity contribution >= 4 is 18.2 Å². The van der Waals surface area contributed by atoms with Crippen LogP contribution in [-0.2, 0) is 6.54 Å². The predicted octanol–water partition coefficient (Wildman–Crippen LogP) is 2.26. The standard InChI is InChI=1S/C13H21N3O.ClH/c1-16(2)10-11-5-3-6-12(9-11)17-8-4-7-13(14)15;/h3,5-6,9H,4,7-8,10H2,1-2H3,(H3,14,15);1H. The summed E-state index contributed by atoms with van der Waals surface area (Å²) in [5.74, 6) is 1.10. The average Bonchev–Trinajstić information content (AvgIpc) is 2.24. The van der Waals surface area contributed by atoms with Crippen LogP contribution in [0.3, 0.4) is 0 Å².